The predicted octanol–water partition coefficient (Wildman–Crippen LogP) is 4.49. The van der Waals surface area contributed by atoms with Crippen LogP contribution in [0.4, 0.5) is 5.82 Å². The Morgan fingerprint density at radius 2 is 1.98 bits per heavy atom. The van der Waals surface area contributed by atoms with Crippen LogP contribution in [0.25, 0.3) is 21.9 Å². The average Bonchev–Trinajstić information content (AvgIpc) is 3.43. The highest BCUT2D eigenvalue weighted by molar-refractivity contribution is 7.80. The number of nitrogens with zero attached hydrogens (tertiary/aromatic N) is 4. The van der Waals surface area contributed by atoms with Crippen molar-refractivity contribution in [1.29, 1.82) is 0 Å². The summed E-state index contributed by atoms with van der Waals surface area (Å²) in [7, 11) is 1.68. The largest absolute Gasteiger partial charge is 0.493 e. The maximum absolute atomic E-state index is 6.17. The molecule has 0 radical (unpaired) electrons. The highest BCUT2D eigenvalue weighted by atomic mass is 32.1. The predicted molar refractivity (Wildman–Crippen MR) is 161 cm³/mol. The second kappa shape index (κ2) is 12.3. The van der Waals surface area contributed by atoms with E-state index in [9.17, 15) is 0 Å². The molecule has 4 heterocycles. The van der Waals surface area contributed by atoms with Crippen LogP contribution in [0.15, 0.2) is 53.4 Å². The Hall–Kier alpha value is -3.63. The Labute approximate surface area is 239 Å². The minimum absolute atomic E-state index is 0.529. The molecule has 210 valence electrons. The van der Waals surface area contributed by atoms with Crippen LogP contribution in [0.3, 0.4) is 0 Å². The minimum Gasteiger partial charge on any atom is -0.493 e. The molecule has 0 bridgehead atoms. The molecule has 10 heteroatoms. The molecule has 40 heavy (non-hydrogen) atoms. The van der Waals surface area contributed by atoms with Gasteiger partial charge in [0, 0.05) is 61.2 Å². The van der Waals surface area contributed by atoms with E-state index in [1.807, 2.05) is 30.3 Å². The second-order valence-electron chi connectivity index (χ2n) is 10.4. The van der Waals surface area contributed by atoms with E-state index in [1.165, 1.54) is 19.3 Å². The number of hydrogen-bond donors (Lipinski definition) is 2. The molecule has 4 aromatic rings. The van der Waals surface area contributed by atoms with Gasteiger partial charge in [-0.2, -0.15) is 0 Å². The molecule has 2 aromatic carbocycles. The number of methoxy groups -OCH3 is 1. The molecular weight excluding hydrogens is 524 g/mol. The maximum atomic E-state index is 6.17. The van der Waals surface area contributed by atoms with Crippen LogP contribution < -0.4 is 25.0 Å². The molecule has 2 aliphatic rings. The molecule has 0 spiro atoms. The third kappa shape index (κ3) is 5.78. The molecule has 9 nitrogen and oxygen atoms in total. The molecule has 2 fully saturated rings. The van der Waals surface area contributed by atoms with E-state index < -0.39 is 0 Å². The Kier molecular flexibility index (Phi) is 8.15. The van der Waals surface area contributed by atoms with Gasteiger partial charge in [-0.15, -0.1) is 0 Å². The van der Waals surface area contributed by atoms with E-state index >= 15 is 0 Å². The molecule has 0 saturated carbocycles. The molecule has 2 aliphatic heterocycles. The number of hydrogen-bond acceptors (Lipinski definition) is 8. The van der Waals surface area contributed by atoms with Crippen LogP contribution in [0.2, 0.25) is 0 Å². The van der Waals surface area contributed by atoms with Crippen molar-refractivity contribution < 1.29 is 13.9 Å². The van der Waals surface area contributed by atoms with Crippen LogP contribution in [-0.4, -0.2) is 72.5 Å². The molecule has 1 unspecified atom stereocenters. The lowest BCUT2D eigenvalue weighted by atomic mass is 10.0. The van der Waals surface area contributed by atoms with Gasteiger partial charge >= 0.3 is 0 Å². The smallest absolute Gasteiger partial charge is 0.169 e. The highest BCUT2D eigenvalue weighted by Crippen LogP contribution is 2.35. The number of fused-ring (bicyclic) bond motifs is 2. The van der Waals surface area contributed by atoms with Gasteiger partial charge in [-0.25, -0.2) is 9.97 Å². The molecule has 0 amide bonds. The zero-order valence-corrected chi connectivity index (χ0v) is 23.7. The highest BCUT2D eigenvalue weighted by Gasteiger charge is 2.23. The van der Waals surface area contributed by atoms with Crippen molar-refractivity contribution in [2.75, 3.05) is 51.3 Å². The quantitative estimate of drug-likeness (QED) is 0.301. The lowest BCUT2D eigenvalue weighted by Crippen LogP contribution is -2.51. The van der Waals surface area contributed by atoms with Crippen molar-refractivity contribution in [3.05, 3.63) is 54.6 Å². The number of anilines is 1. The van der Waals surface area contributed by atoms with Crippen molar-refractivity contribution in [1.82, 2.24) is 25.5 Å². The topological polar surface area (TPSA) is 87.9 Å². The van der Waals surface area contributed by atoms with E-state index in [-0.39, 0.29) is 0 Å². The van der Waals surface area contributed by atoms with Crippen molar-refractivity contribution in [2.24, 2.45) is 0 Å². The minimum atomic E-state index is 0.529. The molecule has 1 atom stereocenters. The molecule has 6 rings (SSSR count). The zero-order valence-electron chi connectivity index (χ0n) is 22.9. The van der Waals surface area contributed by atoms with Gasteiger partial charge in [0.2, 0.25) is 0 Å². The van der Waals surface area contributed by atoms with Crippen LogP contribution in [0.5, 0.6) is 11.5 Å². The van der Waals surface area contributed by atoms with E-state index in [1.54, 1.807) is 19.7 Å². The number of rotatable bonds is 8. The number of piperidine rings is 1. The van der Waals surface area contributed by atoms with E-state index in [4.69, 9.17) is 26.1 Å². The number of aromatic nitrogens is 2. The Bertz CT molecular complexity index is 1460. The summed E-state index contributed by atoms with van der Waals surface area (Å²) in [5, 5.41) is 9.82. The van der Waals surface area contributed by atoms with Crippen molar-refractivity contribution >= 4 is 45.0 Å². The summed E-state index contributed by atoms with van der Waals surface area (Å²) in [6, 6.07) is 12.6. The van der Waals surface area contributed by atoms with Gasteiger partial charge in [-0.3, -0.25) is 0 Å². The van der Waals surface area contributed by atoms with Crippen LogP contribution in [0.1, 0.15) is 31.2 Å². The number of furan rings is 1. The summed E-state index contributed by atoms with van der Waals surface area (Å²) >= 11 is 5.73. The van der Waals surface area contributed by atoms with E-state index in [2.05, 4.69) is 36.5 Å². The average molecular weight is 561 g/mol. The number of para-hydroxylation sites is 1. The van der Waals surface area contributed by atoms with Crippen LogP contribution >= 0.6 is 12.2 Å². The standard InChI is InChI=1S/C30H36N6O3S/c1-37-27-16-24-25(17-28(27)38-15-9-22-6-4-5-10-31-22)33-20-34-29(24)35-11-13-36(14-12-35)30(40)32-18-21-19-39-26-8-3-2-7-23(21)26/h2-3,7-8,16-17,19-20,22,31H,4-6,9-15,18H2,1H3,(H,32,40). The van der Waals surface area contributed by atoms with Gasteiger partial charge in [-0.05, 0) is 50.2 Å². The molecule has 0 aliphatic carbocycles. The van der Waals surface area contributed by atoms with Crippen LogP contribution in [0, 0.1) is 0 Å². The third-order valence-electron chi connectivity index (χ3n) is 7.89. The summed E-state index contributed by atoms with van der Waals surface area (Å²) in [4.78, 5) is 13.7. The molecular formula is C30H36N6O3S. The summed E-state index contributed by atoms with van der Waals surface area (Å²) < 4.78 is 17.5. The lowest BCUT2D eigenvalue weighted by molar-refractivity contribution is 0.257. The van der Waals surface area contributed by atoms with Gasteiger partial charge in [0.25, 0.3) is 0 Å². The summed E-state index contributed by atoms with van der Waals surface area (Å²) in [5.74, 6) is 2.34. The van der Waals surface area contributed by atoms with Crippen molar-refractivity contribution in [3.8, 4) is 11.5 Å². The Morgan fingerprint density at radius 1 is 1.10 bits per heavy atom. The molecule has 2 saturated heterocycles. The zero-order chi connectivity index (χ0) is 27.3. The molecule has 2 N–H and O–H groups in total. The first-order valence-corrected chi connectivity index (χ1v) is 14.5. The Morgan fingerprint density at radius 3 is 2.80 bits per heavy atom. The number of ether oxygens (including phenoxy) is 2. The maximum Gasteiger partial charge on any atom is 0.169 e. The van der Waals surface area contributed by atoms with Gasteiger partial charge in [0.1, 0.15) is 17.7 Å². The third-order valence-corrected chi connectivity index (χ3v) is 8.30. The Balaban J connectivity index is 1.08. The number of benzene rings is 2. The summed E-state index contributed by atoms with van der Waals surface area (Å²) in [6.07, 6.45) is 8.18. The first-order chi connectivity index (χ1) is 19.7. The normalized spacial score (nSPS) is 17.8. The molecule has 2 aromatic heterocycles. The van der Waals surface area contributed by atoms with E-state index in [0.29, 0.717) is 24.9 Å². The fourth-order valence-electron chi connectivity index (χ4n) is 5.63. The monoisotopic (exact) mass is 560 g/mol. The van der Waals surface area contributed by atoms with Crippen LogP contribution in [-0.2, 0) is 6.54 Å². The summed E-state index contributed by atoms with van der Waals surface area (Å²) in [5.41, 5.74) is 2.85. The first kappa shape index (κ1) is 26.6. The van der Waals surface area contributed by atoms with E-state index in [0.717, 1.165) is 83.3 Å². The second-order valence-corrected chi connectivity index (χ2v) is 10.8. The fraction of sp³-hybridized carbons (Fsp3) is 0.433. The first-order valence-electron chi connectivity index (χ1n) is 14.1. The van der Waals surface area contributed by atoms with Gasteiger partial charge in [0.05, 0.1) is 25.5 Å². The van der Waals surface area contributed by atoms with Gasteiger partial charge in [0.15, 0.2) is 16.6 Å². The van der Waals surface area contributed by atoms with Gasteiger partial charge < -0.3 is 34.3 Å². The number of thiocarbonyl (C=S) groups is 1. The number of nitrogens with one attached hydrogen (secondary N) is 2. The van der Waals surface area contributed by atoms with Crippen molar-refractivity contribution in [3.63, 3.8) is 0 Å². The van der Waals surface area contributed by atoms with Crippen molar-refractivity contribution in [2.45, 2.75) is 38.3 Å². The lowest BCUT2D eigenvalue weighted by Gasteiger charge is -2.37. The summed E-state index contributed by atoms with van der Waals surface area (Å²) in [6.45, 7) is 5.59. The number of piperazine rings is 1. The SMILES string of the molecule is COc1cc2c(N3CCN(C(=S)NCc4coc5ccccc45)CC3)ncnc2cc1OCCC1CCCCN1. The van der Waals surface area contributed by atoms with Gasteiger partial charge in [-0.1, -0.05) is 24.6 Å². The fourth-order valence-corrected chi connectivity index (χ4v) is 5.88.